The SMILES string of the molecule is CCCOCc1ccc(O)cc1C(C)CCc1ccccc1. The standard InChI is InChI=1S/C20H26O2/c1-3-13-22-15-18-11-12-19(21)14-20(18)16(2)9-10-17-7-5-4-6-8-17/h4-8,11-12,14,16,21H,3,9-10,13,15H2,1-2H3. The molecule has 0 saturated heterocycles. The number of aromatic hydroxyl groups is 1. The molecule has 1 unspecified atom stereocenters. The lowest BCUT2D eigenvalue weighted by molar-refractivity contribution is 0.120. The van der Waals surface area contributed by atoms with Gasteiger partial charge in [0, 0.05) is 6.61 Å². The largest absolute Gasteiger partial charge is 0.508 e. The van der Waals surface area contributed by atoms with E-state index in [2.05, 4.69) is 38.1 Å². The van der Waals surface area contributed by atoms with Crippen LogP contribution in [0.5, 0.6) is 5.75 Å². The van der Waals surface area contributed by atoms with Crippen LogP contribution in [0.25, 0.3) is 0 Å². The molecule has 2 heteroatoms. The fourth-order valence-electron chi connectivity index (χ4n) is 2.68. The van der Waals surface area contributed by atoms with Crippen LogP contribution in [0.1, 0.15) is 49.3 Å². The Balaban J connectivity index is 2.03. The molecule has 0 radical (unpaired) electrons. The van der Waals surface area contributed by atoms with Gasteiger partial charge in [-0.25, -0.2) is 0 Å². The molecule has 2 nitrogen and oxygen atoms in total. The van der Waals surface area contributed by atoms with Crippen LogP contribution < -0.4 is 0 Å². The fraction of sp³-hybridized carbons (Fsp3) is 0.400. The van der Waals surface area contributed by atoms with Gasteiger partial charge < -0.3 is 9.84 Å². The van der Waals surface area contributed by atoms with E-state index < -0.39 is 0 Å². The summed E-state index contributed by atoms with van der Waals surface area (Å²) in [6.07, 6.45) is 3.14. The third-order valence-corrected chi connectivity index (χ3v) is 3.98. The number of phenolic OH excluding ortho intramolecular Hbond substituents is 1. The maximum absolute atomic E-state index is 9.80. The van der Waals surface area contributed by atoms with Crippen LogP contribution in [0.4, 0.5) is 0 Å². The van der Waals surface area contributed by atoms with Crippen molar-refractivity contribution in [3.63, 3.8) is 0 Å². The van der Waals surface area contributed by atoms with Gasteiger partial charge in [0.25, 0.3) is 0 Å². The highest BCUT2D eigenvalue weighted by atomic mass is 16.5. The minimum atomic E-state index is 0.334. The number of hydrogen-bond donors (Lipinski definition) is 1. The van der Waals surface area contributed by atoms with Crippen molar-refractivity contribution >= 4 is 0 Å². The van der Waals surface area contributed by atoms with E-state index in [0.29, 0.717) is 18.3 Å². The van der Waals surface area contributed by atoms with Crippen LogP contribution in [-0.2, 0) is 17.8 Å². The molecule has 0 amide bonds. The second kappa shape index (κ2) is 8.60. The summed E-state index contributed by atoms with van der Waals surface area (Å²) in [5.74, 6) is 0.730. The summed E-state index contributed by atoms with van der Waals surface area (Å²) in [6.45, 7) is 5.74. The monoisotopic (exact) mass is 298 g/mol. The zero-order valence-electron chi connectivity index (χ0n) is 13.6. The number of rotatable bonds is 8. The van der Waals surface area contributed by atoms with Crippen molar-refractivity contribution in [3.05, 3.63) is 65.2 Å². The Morgan fingerprint density at radius 1 is 1.09 bits per heavy atom. The topological polar surface area (TPSA) is 29.5 Å². The summed E-state index contributed by atoms with van der Waals surface area (Å²) in [5.41, 5.74) is 3.75. The number of ether oxygens (including phenoxy) is 1. The Hall–Kier alpha value is -1.80. The van der Waals surface area contributed by atoms with Crippen LogP contribution >= 0.6 is 0 Å². The van der Waals surface area contributed by atoms with Crippen LogP contribution in [0.3, 0.4) is 0 Å². The van der Waals surface area contributed by atoms with Gasteiger partial charge >= 0.3 is 0 Å². The van der Waals surface area contributed by atoms with Gasteiger partial charge in [0.1, 0.15) is 5.75 Å². The molecule has 2 aromatic carbocycles. The van der Waals surface area contributed by atoms with Gasteiger partial charge in [0.15, 0.2) is 0 Å². The maximum Gasteiger partial charge on any atom is 0.115 e. The quantitative estimate of drug-likeness (QED) is 0.691. The first-order valence-electron chi connectivity index (χ1n) is 8.14. The second-order valence-corrected chi connectivity index (χ2v) is 5.86. The Morgan fingerprint density at radius 2 is 1.86 bits per heavy atom. The lowest BCUT2D eigenvalue weighted by Crippen LogP contribution is -2.03. The number of hydrogen-bond acceptors (Lipinski definition) is 2. The van der Waals surface area contributed by atoms with E-state index in [4.69, 9.17) is 4.74 Å². The third kappa shape index (κ3) is 4.88. The molecule has 2 rings (SSSR count). The predicted octanol–water partition coefficient (Wildman–Crippen LogP) is 5.06. The smallest absolute Gasteiger partial charge is 0.115 e. The van der Waals surface area contributed by atoms with Crippen molar-refractivity contribution < 1.29 is 9.84 Å². The van der Waals surface area contributed by atoms with Crippen LogP contribution in [-0.4, -0.2) is 11.7 Å². The van der Waals surface area contributed by atoms with E-state index in [0.717, 1.165) is 25.9 Å². The second-order valence-electron chi connectivity index (χ2n) is 5.86. The summed E-state index contributed by atoms with van der Waals surface area (Å²) in [7, 11) is 0. The average Bonchev–Trinajstić information content (AvgIpc) is 2.55. The average molecular weight is 298 g/mol. The van der Waals surface area contributed by atoms with Gasteiger partial charge in [-0.2, -0.15) is 0 Å². The van der Waals surface area contributed by atoms with Gasteiger partial charge in [-0.15, -0.1) is 0 Å². The number of aryl methyl sites for hydroxylation is 1. The van der Waals surface area contributed by atoms with Crippen molar-refractivity contribution in [1.29, 1.82) is 0 Å². The highest BCUT2D eigenvalue weighted by Gasteiger charge is 2.12. The molecule has 118 valence electrons. The summed E-state index contributed by atoms with van der Waals surface area (Å²) < 4.78 is 5.68. The molecule has 22 heavy (non-hydrogen) atoms. The van der Waals surface area contributed by atoms with Gasteiger partial charge in [-0.05, 0) is 54.0 Å². The van der Waals surface area contributed by atoms with Crippen LogP contribution in [0, 0.1) is 0 Å². The van der Waals surface area contributed by atoms with Gasteiger partial charge in [-0.1, -0.05) is 50.2 Å². The third-order valence-electron chi connectivity index (χ3n) is 3.98. The number of benzene rings is 2. The molecule has 1 N–H and O–H groups in total. The first kappa shape index (κ1) is 16.6. The molecule has 0 saturated carbocycles. The number of phenols is 1. The van der Waals surface area contributed by atoms with Crippen LogP contribution in [0.15, 0.2) is 48.5 Å². The summed E-state index contributed by atoms with van der Waals surface area (Å²) in [6, 6.07) is 16.2. The van der Waals surface area contributed by atoms with E-state index in [1.165, 1.54) is 16.7 Å². The summed E-state index contributed by atoms with van der Waals surface area (Å²) in [4.78, 5) is 0. The van der Waals surface area contributed by atoms with E-state index in [1.54, 1.807) is 6.07 Å². The molecular weight excluding hydrogens is 272 g/mol. The maximum atomic E-state index is 9.80. The molecule has 0 aliphatic heterocycles. The minimum Gasteiger partial charge on any atom is -0.508 e. The molecule has 0 aromatic heterocycles. The van der Waals surface area contributed by atoms with E-state index >= 15 is 0 Å². The normalized spacial score (nSPS) is 12.3. The molecule has 0 heterocycles. The molecule has 2 aromatic rings. The Bertz CT molecular complexity index is 563. The van der Waals surface area contributed by atoms with E-state index in [9.17, 15) is 5.11 Å². The molecular formula is C20H26O2. The zero-order chi connectivity index (χ0) is 15.8. The molecule has 0 fully saturated rings. The first-order valence-corrected chi connectivity index (χ1v) is 8.14. The molecule has 0 aliphatic rings. The van der Waals surface area contributed by atoms with Gasteiger partial charge in [-0.3, -0.25) is 0 Å². The van der Waals surface area contributed by atoms with Crippen molar-refractivity contribution in [1.82, 2.24) is 0 Å². The predicted molar refractivity (Wildman–Crippen MR) is 91.2 cm³/mol. The first-order chi connectivity index (χ1) is 10.7. The van der Waals surface area contributed by atoms with E-state index in [-0.39, 0.29) is 0 Å². The molecule has 0 spiro atoms. The minimum absolute atomic E-state index is 0.334. The highest BCUT2D eigenvalue weighted by molar-refractivity contribution is 5.37. The Morgan fingerprint density at radius 3 is 2.59 bits per heavy atom. The summed E-state index contributed by atoms with van der Waals surface area (Å²) in [5, 5.41) is 9.80. The zero-order valence-corrected chi connectivity index (χ0v) is 13.6. The Labute approximate surface area is 133 Å². The Kier molecular flexibility index (Phi) is 6.47. The van der Waals surface area contributed by atoms with Gasteiger partial charge in [0.05, 0.1) is 6.61 Å². The highest BCUT2D eigenvalue weighted by Crippen LogP contribution is 2.28. The van der Waals surface area contributed by atoms with Crippen molar-refractivity contribution in [3.8, 4) is 5.75 Å². The van der Waals surface area contributed by atoms with Crippen molar-refractivity contribution in [2.45, 2.75) is 45.6 Å². The van der Waals surface area contributed by atoms with Crippen LogP contribution in [0.2, 0.25) is 0 Å². The molecule has 1 atom stereocenters. The lowest BCUT2D eigenvalue weighted by atomic mass is 9.90. The van der Waals surface area contributed by atoms with Crippen molar-refractivity contribution in [2.24, 2.45) is 0 Å². The van der Waals surface area contributed by atoms with Crippen molar-refractivity contribution in [2.75, 3.05) is 6.61 Å². The molecule has 0 aliphatic carbocycles. The summed E-state index contributed by atoms with van der Waals surface area (Å²) >= 11 is 0. The fourth-order valence-corrected chi connectivity index (χ4v) is 2.68. The lowest BCUT2D eigenvalue weighted by Gasteiger charge is -2.17. The van der Waals surface area contributed by atoms with E-state index in [1.807, 2.05) is 18.2 Å². The molecule has 0 bridgehead atoms. The van der Waals surface area contributed by atoms with Gasteiger partial charge in [0.2, 0.25) is 0 Å².